The van der Waals surface area contributed by atoms with E-state index in [2.05, 4.69) is 5.32 Å². The molecule has 1 atom stereocenters. The van der Waals surface area contributed by atoms with E-state index in [0.29, 0.717) is 12.5 Å². The standard InChI is InChI=1S/C10H19F2NO/c11-10(12)4-7-14-8-9-2-1-5-13-6-3-9/h9-10,13H,1-8H2. The second kappa shape index (κ2) is 7.12. The van der Waals surface area contributed by atoms with E-state index in [1.807, 2.05) is 0 Å². The molecule has 0 radical (unpaired) electrons. The maximum Gasteiger partial charge on any atom is 0.240 e. The van der Waals surface area contributed by atoms with Crippen molar-refractivity contribution in [3.8, 4) is 0 Å². The van der Waals surface area contributed by atoms with Crippen LogP contribution < -0.4 is 5.32 Å². The van der Waals surface area contributed by atoms with Crippen LogP contribution in [0.1, 0.15) is 25.7 Å². The molecule has 0 aliphatic carbocycles. The smallest absolute Gasteiger partial charge is 0.240 e. The van der Waals surface area contributed by atoms with E-state index >= 15 is 0 Å². The largest absolute Gasteiger partial charge is 0.381 e. The van der Waals surface area contributed by atoms with Crippen molar-refractivity contribution in [2.75, 3.05) is 26.3 Å². The monoisotopic (exact) mass is 207 g/mol. The van der Waals surface area contributed by atoms with Gasteiger partial charge in [0.25, 0.3) is 0 Å². The number of halogens is 2. The number of rotatable bonds is 5. The van der Waals surface area contributed by atoms with Crippen molar-refractivity contribution in [3.63, 3.8) is 0 Å². The number of hydrogen-bond donors (Lipinski definition) is 1. The molecule has 2 nitrogen and oxygen atoms in total. The zero-order chi connectivity index (χ0) is 10.2. The van der Waals surface area contributed by atoms with E-state index in [4.69, 9.17) is 4.74 Å². The van der Waals surface area contributed by atoms with Crippen molar-refractivity contribution in [2.24, 2.45) is 5.92 Å². The first-order chi connectivity index (χ1) is 6.79. The van der Waals surface area contributed by atoms with Crippen molar-refractivity contribution >= 4 is 0 Å². The second-order valence-corrected chi connectivity index (χ2v) is 3.80. The molecule has 1 saturated heterocycles. The van der Waals surface area contributed by atoms with Crippen molar-refractivity contribution in [2.45, 2.75) is 32.1 Å². The molecule has 0 bridgehead atoms. The van der Waals surface area contributed by atoms with Gasteiger partial charge >= 0.3 is 0 Å². The van der Waals surface area contributed by atoms with Crippen molar-refractivity contribution < 1.29 is 13.5 Å². The minimum absolute atomic E-state index is 0.134. The molecular formula is C10H19F2NO. The van der Waals surface area contributed by atoms with Gasteiger partial charge in [0.1, 0.15) is 0 Å². The third kappa shape index (κ3) is 5.50. The summed E-state index contributed by atoms with van der Waals surface area (Å²) in [6.45, 7) is 2.95. The lowest BCUT2D eigenvalue weighted by molar-refractivity contribution is 0.0489. The molecule has 0 amide bonds. The predicted molar refractivity (Wildman–Crippen MR) is 51.7 cm³/mol. The fourth-order valence-corrected chi connectivity index (χ4v) is 1.68. The average Bonchev–Trinajstić information content (AvgIpc) is 2.40. The molecule has 1 fully saturated rings. The molecule has 1 aliphatic heterocycles. The van der Waals surface area contributed by atoms with Crippen LogP contribution in [0.2, 0.25) is 0 Å². The van der Waals surface area contributed by atoms with Crippen LogP contribution in [0.25, 0.3) is 0 Å². The first-order valence-electron chi connectivity index (χ1n) is 5.35. The molecule has 0 aromatic heterocycles. The van der Waals surface area contributed by atoms with E-state index < -0.39 is 6.43 Å². The molecule has 0 aromatic rings. The SMILES string of the molecule is FC(F)CCOCC1CCCNCC1. The van der Waals surface area contributed by atoms with Crippen LogP contribution in [0, 0.1) is 5.92 Å². The van der Waals surface area contributed by atoms with Gasteiger partial charge in [-0.1, -0.05) is 0 Å². The Kier molecular flexibility index (Phi) is 6.03. The summed E-state index contributed by atoms with van der Waals surface area (Å²) < 4.78 is 28.8. The zero-order valence-corrected chi connectivity index (χ0v) is 8.48. The quantitative estimate of drug-likeness (QED) is 0.697. The summed E-state index contributed by atoms with van der Waals surface area (Å²) in [7, 11) is 0. The Hall–Kier alpha value is -0.220. The Balaban J connectivity index is 1.99. The van der Waals surface area contributed by atoms with Gasteiger partial charge in [-0.3, -0.25) is 0 Å². The molecule has 4 heteroatoms. The molecule has 0 saturated carbocycles. The third-order valence-electron chi connectivity index (χ3n) is 2.53. The summed E-state index contributed by atoms with van der Waals surface area (Å²) in [5.41, 5.74) is 0. The Labute approximate surface area is 84.0 Å². The van der Waals surface area contributed by atoms with E-state index in [9.17, 15) is 8.78 Å². The van der Waals surface area contributed by atoms with Gasteiger partial charge in [0.15, 0.2) is 0 Å². The maximum absolute atomic E-state index is 11.8. The summed E-state index contributed by atoms with van der Waals surface area (Å²) in [6.07, 6.45) is 1.07. The van der Waals surface area contributed by atoms with Gasteiger partial charge < -0.3 is 10.1 Å². The van der Waals surface area contributed by atoms with Crippen LogP contribution >= 0.6 is 0 Å². The summed E-state index contributed by atoms with van der Waals surface area (Å²) in [5, 5.41) is 3.31. The maximum atomic E-state index is 11.8. The molecule has 1 unspecified atom stereocenters. The molecule has 84 valence electrons. The minimum atomic E-state index is -2.23. The Bertz CT molecular complexity index is 136. The number of ether oxygens (including phenoxy) is 1. The molecular weight excluding hydrogens is 188 g/mol. The van der Waals surface area contributed by atoms with Crippen LogP contribution in [0.4, 0.5) is 8.78 Å². The van der Waals surface area contributed by atoms with Crippen molar-refractivity contribution in [1.29, 1.82) is 0 Å². The van der Waals surface area contributed by atoms with Crippen molar-refractivity contribution in [3.05, 3.63) is 0 Å². The van der Waals surface area contributed by atoms with Crippen LogP contribution in [-0.2, 0) is 4.74 Å². The lowest BCUT2D eigenvalue weighted by atomic mass is 10.0. The Morgan fingerprint density at radius 2 is 2.14 bits per heavy atom. The van der Waals surface area contributed by atoms with Crippen molar-refractivity contribution in [1.82, 2.24) is 5.32 Å². The molecule has 0 aromatic carbocycles. The minimum Gasteiger partial charge on any atom is -0.381 e. The van der Waals surface area contributed by atoms with Gasteiger partial charge in [-0.25, -0.2) is 8.78 Å². The molecule has 1 N–H and O–H groups in total. The highest BCUT2D eigenvalue weighted by molar-refractivity contribution is 4.66. The Morgan fingerprint density at radius 1 is 1.29 bits per heavy atom. The first-order valence-corrected chi connectivity index (χ1v) is 5.35. The van der Waals surface area contributed by atoms with Gasteiger partial charge in [-0.05, 0) is 38.3 Å². The van der Waals surface area contributed by atoms with E-state index in [1.54, 1.807) is 0 Å². The van der Waals surface area contributed by atoms with Gasteiger partial charge in [0.05, 0.1) is 6.61 Å². The number of nitrogens with one attached hydrogen (secondary N) is 1. The second-order valence-electron chi connectivity index (χ2n) is 3.80. The predicted octanol–water partition coefficient (Wildman–Crippen LogP) is 2.05. The van der Waals surface area contributed by atoms with E-state index in [-0.39, 0.29) is 13.0 Å². The number of hydrogen-bond acceptors (Lipinski definition) is 2. The lowest BCUT2D eigenvalue weighted by Crippen LogP contribution is -2.16. The fourth-order valence-electron chi connectivity index (χ4n) is 1.68. The van der Waals surface area contributed by atoms with E-state index in [1.165, 1.54) is 6.42 Å². The summed E-state index contributed by atoms with van der Waals surface area (Å²) in [4.78, 5) is 0. The van der Waals surface area contributed by atoms with Crippen LogP contribution in [0.5, 0.6) is 0 Å². The van der Waals surface area contributed by atoms with Gasteiger partial charge in [-0.15, -0.1) is 0 Å². The highest BCUT2D eigenvalue weighted by Gasteiger charge is 2.12. The Morgan fingerprint density at radius 3 is 2.93 bits per heavy atom. The lowest BCUT2D eigenvalue weighted by Gasteiger charge is -2.13. The zero-order valence-electron chi connectivity index (χ0n) is 8.48. The van der Waals surface area contributed by atoms with Crippen LogP contribution in [0.15, 0.2) is 0 Å². The molecule has 14 heavy (non-hydrogen) atoms. The topological polar surface area (TPSA) is 21.3 Å². The third-order valence-corrected chi connectivity index (χ3v) is 2.53. The average molecular weight is 207 g/mol. The highest BCUT2D eigenvalue weighted by Crippen LogP contribution is 2.14. The molecule has 0 spiro atoms. The molecule has 1 heterocycles. The highest BCUT2D eigenvalue weighted by atomic mass is 19.3. The summed E-state index contributed by atoms with van der Waals surface area (Å²) in [6, 6.07) is 0. The summed E-state index contributed by atoms with van der Waals surface area (Å²) in [5.74, 6) is 0.558. The van der Waals surface area contributed by atoms with E-state index in [0.717, 1.165) is 25.9 Å². The van der Waals surface area contributed by atoms with Crippen LogP contribution in [-0.4, -0.2) is 32.7 Å². The van der Waals surface area contributed by atoms with Gasteiger partial charge in [0.2, 0.25) is 6.43 Å². The van der Waals surface area contributed by atoms with Gasteiger partial charge in [0, 0.05) is 13.0 Å². The van der Waals surface area contributed by atoms with Crippen LogP contribution in [0.3, 0.4) is 0 Å². The first kappa shape index (κ1) is 11.9. The number of alkyl halides is 2. The van der Waals surface area contributed by atoms with Gasteiger partial charge in [-0.2, -0.15) is 0 Å². The molecule has 1 aliphatic rings. The fraction of sp³-hybridized carbons (Fsp3) is 1.00. The molecule has 1 rings (SSSR count). The summed E-state index contributed by atoms with van der Waals surface area (Å²) >= 11 is 0. The normalized spacial score (nSPS) is 23.8.